The highest BCUT2D eigenvalue weighted by atomic mass is 32.2. The Balaban J connectivity index is 3.37. The Bertz CT molecular complexity index is 495. The molecule has 0 aliphatic heterocycles. The normalized spacial score (nSPS) is 13.4. The summed E-state index contributed by atoms with van der Waals surface area (Å²) in [6.45, 7) is 1.36. The van der Waals surface area contributed by atoms with Gasteiger partial charge in [-0.3, -0.25) is 4.79 Å². The fourth-order valence-corrected chi connectivity index (χ4v) is 2.32. The highest BCUT2D eigenvalue weighted by Crippen LogP contribution is 2.25. The Hall–Kier alpha value is -1.43. The van der Waals surface area contributed by atoms with Crippen LogP contribution in [-0.2, 0) is 14.6 Å². The third-order valence-corrected chi connectivity index (χ3v) is 3.56. The van der Waals surface area contributed by atoms with Crippen LogP contribution in [0.3, 0.4) is 0 Å². The Labute approximate surface area is 92.6 Å². The zero-order valence-corrected chi connectivity index (χ0v) is 9.37. The zero-order chi connectivity index (χ0) is 12.3. The molecule has 88 valence electrons. The maximum absolute atomic E-state index is 12.4. The molecule has 16 heavy (non-hydrogen) atoms. The predicted octanol–water partition coefficient (Wildman–Crippen LogP) is 1.58. The van der Waals surface area contributed by atoms with Crippen molar-refractivity contribution in [3.63, 3.8) is 0 Å². The Morgan fingerprint density at radius 2 is 2.00 bits per heavy atom. The van der Waals surface area contributed by atoms with Crippen molar-refractivity contribution in [2.45, 2.75) is 17.7 Å². The van der Waals surface area contributed by atoms with Gasteiger partial charge in [0.2, 0.25) is 9.84 Å². The van der Waals surface area contributed by atoms with Crippen LogP contribution >= 0.6 is 0 Å². The lowest BCUT2D eigenvalue weighted by atomic mass is 10.0. The molecule has 0 bridgehead atoms. The molecule has 1 N–H and O–H groups in total. The van der Waals surface area contributed by atoms with Gasteiger partial charge in [0.05, 0.1) is 10.8 Å². The van der Waals surface area contributed by atoms with Crippen LogP contribution in [0.5, 0.6) is 0 Å². The van der Waals surface area contributed by atoms with Crippen molar-refractivity contribution in [2.75, 3.05) is 6.01 Å². The van der Waals surface area contributed by atoms with Crippen LogP contribution in [-0.4, -0.2) is 25.5 Å². The maximum atomic E-state index is 12.4. The summed E-state index contributed by atoms with van der Waals surface area (Å²) in [5.74, 6) is -2.14. The summed E-state index contributed by atoms with van der Waals surface area (Å²) in [5, 5.41) is 8.81. The van der Waals surface area contributed by atoms with Crippen molar-refractivity contribution < 1.29 is 22.7 Å². The number of aliphatic carboxylic acids is 1. The molecule has 0 aromatic heterocycles. The van der Waals surface area contributed by atoms with Gasteiger partial charge in [0.1, 0.15) is 0 Å². The van der Waals surface area contributed by atoms with E-state index in [0.717, 1.165) is 0 Å². The summed E-state index contributed by atoms with van der Waals surface area (Å²) in [6, 6.07) is 4.01. The molecule has 0 amide bonds. The minimum Gasteiger partial charge on any atom is -0.481 e. The van der Waals surface area contributed by atoms with Gasteiger partial charge in [-0.25, -0.2) is 12.8 Å². The second-order valence-corrected chi connectivity index (χ2v) is 5.21. The molecule has 1 rings (SSSR count). The largest absolute Gasteiger partial charge is 0.481 e. The molecule has 0 saturated carbocycles. The number of benzene rings is 1. The van der Waals surface area contributed by atoms with Gasteiger partial charge in [0.15, 0.2) is 6.01 Å². The quantitative estimate of drug-likeness (QED) is 0.875. The van der Waals surface area contributed by atoms with Crippen molar-refractivity contribution in [2.24, 2.45) is 0 Å². The van der Waals surface area contributed by atoms with Crippen molar-refractivity contribution in [3.8, 4) is 0 Å². The Kier molecular flexibility index (Phi) is 3.64. The fraction of sp³-hybridized carbons (Fsp3) is 0.300. The first-order valence-electron chi connectivity index (χ1n) is 4.50. The third kappa shape index (κ3) is 2.38. The average Bonchev–Trinajstić information content (AvgIpc) is 2.28. The van der Waals surface area contributed by atoms with Gasteiger partial charge in [-0.2, -0.15) is 0 Å². The smallest absolute Gasteiger partial charge is 0.310 e. The monoisotopic (exact) mass is 246 g/mol. The van der Waals surface area contributed by atoms with Crippen LogP contribution in [0.1, 0.15) is 18.4 Å². The lowest BCUT2D eigenvalue weighted by Gasteiger charge is -2.11. The number of rotatable bonds is 4. The highest BCUT2D eigenvalue weighted by Gasteiger charge is 2.24. The number of sulfone groups is 1. The first-order chi connectivity index (χ1) is 7.40. The van der Waals surface area contributed by atoms with E-state index >= 15 is 0 Å². The average molecular weight is 246 g/mol. The molecule has 1 atom stereocenters. The number of hydrogen-bond acceptors (Lipinski definition) is 3. The van der Waals surface area contributed by atoms with E-state index in [1.807, 2.05) is 0 Å². The topological polar surface area (TPSA) is 71.4 Å². The van der Waals surface area contributed by atoms with Gasteiger partial charge in [-0.05, 0) is 18.6 Å². The van der Waals surface area contributed by atoms with Crippen LogP contribution in [0.4, 0.5) is 4.39 Å². The number of carboxylic acids is 1. The van der Waals surface area contributed by atoms with E-state index < -0.39 is 27.7 Å². The maximum Gasteiger partial charge on any atom is 0.310 e. The molecule has 0 heterocycles. The van der Waals surface area contributed by atoms with Gasteiger partial charge in [0, 0.05) is 0 Å². The number of carbonyl (C=O) groups is 1. The second-order valence-electron chi connectivity index (χ2n) is 3.32. The molecular weight excluding hydrogens is 235 g/mol. The van der Waals surface area contributed by atoms with Crippen LogP contribution in [0.15, 0.2) is 29.2 Å². The van der Waals surface area contributed by atoms with Crippen molar-refractivity contribution in [3.05, 3.63) is 29.8 Å². The van der Waals surface area contributed by atoms with E-state index in [4.69, 9.17) is 5.11 Å². The molecule has 4 nitrogen and oxygen atoms in total. The molecule has 6 heteroatoms. The number of hydrogen-bond donors (Lipinski definition) is 1. The van der Waals surface area contributed by atoms with E-state index in [9.17, 15) is 17.6 Å². The van der Waals surface area contributed by atoms with Gasteiger partial charge >= 0.3 is 5.97 Å². The molecule has 0 saturated heterocycles. The van der Waals surface area contributed by atoms with E-state index in [1.165, 1.54) is 31.2 Å². The van der Waals surface area contributed by atoms with Crippen LogP contribution < -0.4 is 0 Å². The summed E-state index contributed by atoms with van der Waals surface area (Å²) in [4.78, 5) is 10.5. The molecule has 0 fully saturated rings. The Morgan fingerprint density at radius 1 is 1.44 bits per heavy atom. The second kappa shape index (κ2) is 4.61. The first-order valence-corrected chi connectivity index (χ1v) is 6.16. The molecule has 0 spiro atoms. The molecule has 1 aromatic carbocycles. The van der Waals surface area contributed by atoms with Gasteiger partial charge in [0.25, 0.3) is 0 Å². The van der Waals surface area contributed by atoms with Crippen LogP contribution in [0.25, 0.3) is 0 Å². The molecule has 1 unspecified atom stereocenters. The summed E-state index contributed by atoms with van der Waals surface area (Å²) in [7, 11) is -4.04. The van der Waals surface area contributed by atoms with E-state index in [1.54, 1.807) is 0 Å². The van der Waals surface area contributed by atoms with Gasteiger partial charge < -0.3 is 5.11 Å². The molecule has 0 radical (unpaired) electrons. The van der Waals surface area contributed by atoms with E-state index in [2.05, 4.69) is 0 Å². The first kappa shape index (κ1) is 12.6. The molecule has 0 aliphatic carbocycles. The van der Waals surface area contributed by atoms with Crippen molar-refractivity contribution in [1.82, 2.24) is 0 Å². The lowest BCUT2D eigenvalue weighted by molar-refractivity contribution is -0.138. The van der Waals surface area contributed by atoms with Crippen LogP contribution in [0.2, 0.25) is 0 Å². The SMILES string of the molecule is CC(C(=O)O)c1ccccc1S(=O)(=O)CF. The number of halogens is 1. The summed E-state index contributed by atoms with van der Waals surface area (Å²) in [5.41, 5.74) is 0.104. The third-order valence-electron chi connectivity index (χ3n) is 2.23. The number of alkyl halides is 1. The van der Waals surface area contributed by atoms with E-state index in [-0.39, 0.29) is 10.5 Å². The van der Waals surface area contributed by atoms with E-state index in [0.29, 0.717) is 0 Å². The van der Waals surface area contributed by atoms with Crippen LogP contribution in [0, 0.1) is 0 Å². The zero-order valence-electron chi connectivity index (χ0n) is 8.55. The molecule has 0 aliphatic rings. The van der Waals surface area contributed by atoms with Gasteiger partial charge in [-0.15, -0.1) is 0 Å². The lowest BCUT2D eigenvalue weighted by Crippen LogP contribution is -2.13. The number of carboxylic acid groups (broad SMARTS) is 1. The minimum atomic E-state index is -4.04. The van der Waals surface area contributed by atoms with Crippen molar-refractivity contribution in [1.29, 1.82) is 0 Å². The Morgan fingerprint density at radius 3 is 2.50 bits per heavy atom. The summed E-state index contributed by atoms with van der Waals surface area (Å²) < 4.78 is 35.1. The fourth-order valence-electron chi connectivity index (χ4n) is 1.31. The minimum absolute atomic E-state index is 0.104. The standard InChI is InChI=1S/C10H11FO4S/c1-7(10(12)13)8-4-2-3-5-9(8)16(14,15)6-11/h2-5,7H,6H2,1H3,(H,12,13). The predicted molar refractivity (Wildman–Crippen MR) is 55.7 cm³/mol. The molecular formula is C10H11FO4S. The highest BCUT2D eigenvalue weighted by molar-refractivity contribution is 7.91. The van der Waals surface area contributed by atoms with Crippen molar-refractivity contribution >= 4 is 15.8 Å². The molecule has 1 aromatic rings. The summed E-state index contributed by atoms with van der Waals surface area (Å²) >= 11 is 0. The van der Waals surface area contributed by atoms with Gasteiger partial charge in [-0.1, -0.05) is 18.2 Å². The summed E-state index contributed by atoms with van der Waals surface area (Å²) in [6.07, 6.45) is 0.